The largest absolute Gasteiger partial charge is 0.390 e. The van der Waals surface area contributed by atoms with Crippen molar-refractivity contribution in [2.24, 2.45) is 11.1 Å². The first-order valence-electron chi connectivity index (χ1n) is 6.40. The monoisotopic (exact) mass is 256 g/mol. The average Bonchev–Trinajstić information content (AvgIpc) is 2.73. The molecule has 0 aliphatic carbocycles. The molecule has 18 heavy (non-hydrogen) atoms. The number of aliphatic hydroxyl groups is 1. The standard InChI is InChI=1S/C13H24N2O3/c1-9(2)10-8-11(18-14-10)12(16)15(5)7-6-13(3,4)17/h9,11,17H,6-8H2,1-5H3. The minimum absolute atomic E-state index is 0.0707. The molecule has 0 fully saturated rings. The number of oxime groups is 1. The number of nitrogens with zero attached hydrogens (tertiary/aromatic N) is 2. The van der Waals surface area contributed by atoms with Gasteiger partial charge < -0.3 is 14.8 Å². The second-order valence-corrected chi connectivity index (χ2v) is 5.86. The van der Waals surface area contributed by atoms with Crippen molar-refractivity contribution in [3.05, 3.63) is 0 Å². The second kappa shape index (κ2) is 5.69. The summed E-state index contributed by atoms with van der Waals surface area (Å²) >= 11 is 0. The lowest BCUT2D eigenvalue weighted by molar-refractivity contribution is -0.141. The Labute approximate surface area is 109 Å². The number of carbonyl (C=O) groups is 1. The van der Waals surface area contributed by atoms with Crippen LogP contribution in [0.4, 0.5) is 0 Å². The van der Waals surface area contributed by atoms with E-state index >= 15 is 0 Å². The van der Waals surface area contributed by atoms with E-state index in [2.05, 4.69) is 5.16 Å². The Morgan fingerprint density at radius 2 is 2.22 bits per heavy atom. The van der Waals surface area contributed by atoms with Crippen LogP contribution in [-0.4, -0.2) is 46.9 Å². The van der Waals surface area contributed by atoms with E-state index < -0.39 is 11.7 Å². The fraction of sp³-hybridized carbons (Fsp3) is 0.846. The summed E-state index contributed by atoms with van der Waals surface area (Å²) in [5.74, 6) is 0.239. The van der Waals surface area contributed by atoms with Gasteiger partial charge in [0.25, 0.3) is 5.91 Å². The predicted molar refractivity (Wildman–Crippen MR) is 70.3 cm³/mol. The molecule has 1 heterocycles. The number of hydrogen-bond acceptors (Lipinski definition) is 4. The van der Waals surface area contributed by atoms with E-state index in [4.69, 9.17) is 4.84 Å². The summed E-state index contributed by atoms with van der Waals surface area (Å²) < 4.78 is 0. The molecule has 0 saturated heterocycles. The van der Waals surface area contributed by atoms with Crippen molar-refractivity contribution in [1.29, 1.82) is 0 Å². The highest BCUT2D eigenvalue weighted by Crippen LogP contribution is 2.18. The molecule has 0 aromatic carbocycles. The lowest BCUT2D eigenvalue weighted by Gasteiger charge is -2.24. The van der Waals surface area contributed by atoms with Gasteiger partial charge in [-0.3, -0.25) is 4.79 Å². The molecule has 104 valence electrons. The normalized spacial score (nSPS) is 19.7. The summed E-state index contributed by atoms with van der Waals surface area (Å²) in [6.07, 6.45) is 0.623. The van der Waals surface area contributed by atoms with Crippen LogP contribution in [0.1, 0.15) is 40.5 Å². The minimum Gasteiger partial charge on any atom is -0.390 e. The number of carbonyl (C=O) groups excluding carboxylic acids is 1. The summed E-state index contributed by atoms with van der Waals surface area (Å²) in [4.78, 5) is 18.9. The third kappa shape index (κ3) is 4.29. The summed E-state index contributed by atoms with van der Waals surface area (Å²) in [6.45, 7) is 8.05. The maximum atomic E-state index is 12.1. The van der Waals surface area contributed by atoms with E-state index in [1.807, 2.05) is 13.8 Å². The fourth-order valence-electron chi connectivity index (χ4n) is 1.67. The highest BCUT2D eigenvalue weighted by molar-refractivity contribution is 5.93. The lowest BCUT2D eigenvalue weighted by Crippen LogP contribution is -2.39. The highest BCUT2D eigenvalue weighted by Gasteiger charge is 2.31. The van der Waals surface area contributed by atoms with E-state index in [1.165, 1.54) is 0 Å². The quantitative estimate of drug-likeness (QED) is 0.809. The van der Waals surface area contributed by atoms with Crippen molar-refractivity contribution in [3.8, 4) is 0 Å². The smallest absolute Gasteiger partial charge is 0.266 e. The van der Waals surface area contributed by atoms with Crippen LogP contribution in [0.2, 0.25) is 0 Å². The molecule has 1 amide bonds. The van der Waals surface area contributed by atoms with Gasteiger partial charge >= 0.3 is 0 Å². The third-order valence-corrected chi connectivity index (χ3v) is 3.07. The van der Waals surface area contributed by atoms with Gasteiger partial charge in [-0.15, -0.1) is 0 Å². The van der Waals surface area contributed by atoms with Gasteiger partial charge in [-0.1, -0.05) is 19.0 Å². The molecule has 0 radical (unpaired) electrons. The van der Waals surface area contributed by atoms with Gasteiger partial charge in [-0.05, 0) is 26.2 Å². The van der Waals surface area contributed by atoms with Gasteiger partial charge in [0.1, 0.15) is 0 Å². The Morgan fingerprint density at radius 3 is 2.67 bits per heavy atom. The number of likely N-dealkylation sites (N-methyl/N-ethyl adjacent to an activating group) is 1. The Morgan fingerprint density at radius 1 is 1.61 bits per heavy atom. The van der Waals surface area contributed by atoms with Crippen molar-refractivity contribution in [2.45, 2.75) is 52.2 Å². The summed E-state index contributed by atoms with van der Waals surface area (Å²) in [5, 5.41) is 13.6. The Balaban J connectivity index is 2.42. The second-order valence-electron chi connectivity index (χ2n) is 5.86. The van der Waals surface area contributed by atoms with Gasteiger partial charge in [-0.25, -0.2) is 0 Å². The molecule has 0 spiro atoms. The molecule has 1 N–H and O–H groups in total. The van der Waals surface area contributed by atoms with Gasteiger partial charge in [0.05, 0.1) is 11.3 Å². The zero-order valence-corrected chi connectivity index (χ0v) is 11.9. The van der Waals surface area contributed by atoms with Crippen LogP contribution in [0, 0.1) is 5.92 Å². The summed E-state index contributed by atoms with van der Waals surface area (Å²) in [7, 11) is 1.73. The SMILES string of the molecule is CC(C)C1=NOC(C(=O)N(C)CCC(C)(C)O)C1. The maximum Gasteiger partial charge on any atom is 0.266 e. The molecule has 0 aromatic rings. The number of hydrogen-bond donors (Lipinski definition) is 1. The lowest BCUT2D eigenvalue weighted by atomic mass is 10.0. The topological polar surface area (TPSA) is 62.1 Å². The minimum atomic E-state index is -0.759. The van der Waals surface area contributed by atoms with Crippen molar-refractivity contribution < 1.29 is 14.7 Å². The van der Waals surface area contributed by atoms with Gasteiger partial charge in [0.2, 0.25) is 6.10 Å². The first-order chi connectivity index (χ1) is 8.20. The molecule has 0 aromatic heterocycles. The summed E-state index contributed by atoms with van der Waals surface area (Å²) in [6, 6.07) is 0. The van der Waals surface area contributed by atoms with Gasteiger partial charge in [0, 0.05) is 20.0 Å². The van der Waals surface area contributed by atoms with E-state index in [1.54, 1.807) is 25.8 Å². The van der Waals surface area contributed by atoms with Crippen LogP contribution >= 0.6 is 0 Å². The van der Waals surface area contributed by atoms with Gasteiger partial charge in [-0.2, -0.15) is 0 Å². The van der Waals surface area contributed by atoms with E-state index in [0.717, 1.165) is 5.71 Å². The molecule has 1 atom stereocenters. The molecule has 0 bridgehead atoms. The van der Waals surface area contributed by atoms with Crippen LogP contribution in [0.25, 0.3) is 0 Å². The fourth-order valence-corrected chi connectivity index (χ4v) is 1.67. The van der Waals surface area contributed by atoms with Crippen molar-refractivity contribution >= 4 is 11.6 Å². The van der Waals surface area contributed by atoms with Gasteiger partial charge in [0.15, 0.2) is 0 Å². The third-order valence-electron chi connectivity index (χ3n) is 3.07. The molecular formula is C13H24N2O3. The van der Waals surface area contributed by atoms with Crippen LogP contribution in [0.15, 0.2) is 5.16 Å². The molecule has 1 rings (SSSR count). The molecule has 1 aliphatic rings. The number of rotatable bonds is 5. The van der Waals surface area contributed by atoms with E-state index in [9.17, 15) is 9.90 Å². The Hall–Kier alpha value is -1.10. The van der Waals surface area contributed by atoms with Crippen molar-refractivity contribution in [2.75, 3.05) is 13.6 Å². The first kappa shape index (κ1) is 15.0. The highest BCUT2D eigenvalue weighted by atomic mass is 16.6. The molecular weight excluding hydrogens is 232 g/mol. The zero-order chi connectivity index (χ0) is 13.9. The van der Waals surface area contributed by atoms with Crippen LogP contribution in [-0.2, 0) is 9.63 Å². The Bertz CT molecular complexity index is 332. The van der Waals surface area contributed by atoms with E-state index in [0.29, 0.717) is 25.3 Å². The maximum absolute atomic E-state index is 12.1. The molecule has 1 unspecified atom stereocenters. The average molecular weight is 256 g/mol. The van der Waals surface area contributed by atoms with Crippen LogP contribution in [0.3, 0.4) is 0 Å². The first-order valence-corrected chi connectivity index (χ1v) is 6.40. The molecule has 5 heteroatoms. The molecule has 0 saturated carbocycles. The van der Waals surface area contributed by atoms with Crippen molar-refractivity contribution in [1.82, 2.24) is 4.90 Å². The molecule has 1 aliphatic heterocycles. The van der Waals surface area contributed by atoms with Crippen LogP contribution < -0.4 is 0 Å². The number of amides is 1. The predicted octanol–water partition coefficient (Wildman–Crippen LogP) is 1.41. The van der Waals surface area contributed by atoms with Crippen LogP contribution in [0.5, 0.6) is 0 Å². The van der Waals surface area contributed by atoms with Crippen molar-refractivity contribution in [3.63, 3.8) is 0 Å². The zero-order valence-electron chi connectivity index (χ0n) is 11.9. The van der Waals surface area contributed by atoms with E-state index in [-0.39, 0.29) is 5.91 Å². The summed E-state index contributed by atoms with van der Waals surface area (Å²) in [5.41, 5.74) is 0.175. The molecule has 5 nitrogen and oxygen atoms in total. The Kier molecular flexibility index (Phi) is 4.73.